The van der Waals surface area contributed by atoms with Crippen molar-refractivity contribution in [1.29, 1.82) is 5.26 Å². The highest BCUT2D eigenvalue weighted by Gasteiger charge is 2.72. The number of allylic oxidation sites excluding steroid dienone is 7. The van der Waals surface area contributed by atoms with Crippen LogP contribution in [0.4, 0.5) is 0 Å². The molecule has 5 heteroatoms. The molecule has 5 nitrogen and oxygen atoms in total. The standard InChI is InChI=1S/C52H72N4O/c1-56-50(35-16-6-3-7-17-35)54-49(34-14-4-2-5-15-34)55-51(56)36-26-24-33(25-27-36)37-28-29-41-44(30-37)52(45-31-38(32-53)39-18-8-9-19-40(39)48(41)45)42-20-10-12-22-46(42)57-47-23-13-11-21-43(47)52/h2,4,6,12,16,22,26,28-29,33-35,37-49,51,55H,3,5,7-11,13-15,17-21,23-25,27,30-31H2,1H3. The van der Waals surface area contributed by atoms with E-state index in [2.05, 4.69) is 78.0 Å². The van der Waals surface area contributed by atoms with E-state index in [0.29, 0.717) is 58.9 Å². The Morgan fingerprint density at radius 3 is 2.44 bits per heavy atom. The van der Waals surface area contributed by atoms with Gasteiger partial charge in [0.2, 0.25) is 0 Å². The number of nitriles is 1. The third kappa shape index (κ3) is 6.20. The average Bonchev–Trinajstić information content (AvgIpc) is 3.56. The largest absolute Gasteiger partial charge is 0.370 e. The Bertz CT molecular complexity index is 1730. The minimum atomic E-state index is 0.214. The zero-order valence-corrected chi connectivity index (χ0v) is 35.1. The molecule has 1 saturated heterocycles. The lowest BCUT2D eigenvalue weighted by atomic mass is 9.45. The van der Waals surface area contributed by atoms with E-state index in [-0.39, 0.29) is 24.4 Å². The minimum Gasteiger partial charge on any atom is -0.370 e. The van der Waals surface area contributed by atoms with E-state index < -0.39 is 0 Å². The highest BCUT2D eigenvalue weighted by molar-refractivity contribution is 5.87. The summed E-state index contributed by atoms with van der Waals surface area (Å²) < 4.78 is 7.21. The molecule has 2 aliphatic heterocycles. The molecule has 9 aliphatic carbocycles. The van der Waals surface area contributed by atoms with Gasteiger partial charge in [-0.3, -0.25) is 10.3 Å². The molecule has 4 saturated carbocycles. The molecule has 0 radical (unpaired) electrons. The molecule has 0 aromatic rings. The summed E-state index contributed by atoms with van der Waals surface area (Å²) in [6, 6.07) is 3.01. The van der Waals surface area contributed by atoms with Gasteiger partial charge in [0.15, 0.2) is 0 Å². The summed E-state index contributed by atoms with van der Waals surface area (Å²) in [5.74, 6) is 9.67. The first kappa shape index (κ1) is 37.6. The van der Waals surface area contributed by atoms with Gasteiger partial charge in [-0.25, -0.2) is 0 Å². The zero-order valence-electron chi connectivity index (χ0n) is 35.1. The van der Waals surface area contributed by atoms with Gasteiger partial charge in [-0.2, -0.15) is 5.26 Å². The lowest BCUT2D eigenvalue weighted by molar-refractivity contribution is -0.227. The first-order valence-electron chi connectivity index (χ1n) is 24.6. The Hall–Kier alpha value is -2.42. The number of nitrogens with one attached hydrogen (secondary N) is 1. The van der Waals surface area contributed by atoms with Crippen LogP contribution in [0.1, 0.15) is 135 Å². The minimum absolute atomic E-state index is 0.214. The Balaban J connectivity index is 0.902. The van der Waals surface area contributed by atoms with E-state index in [0.717, 1.165) is 30.1 Å². The molecule has 306 valence electrons. The van der Waals surface area contributed by atoms with Crippen LogP contribution < -0.4 is 5.32 Å². The molecule has 0 aromatic carbocycles. The first-order chi connectivity index (χ1) is 28.1. The topological polar surface area (TPSA) is 60.7 Å². The molecule has 1 spiro atoms. The van der Waals surface area contributed by atoms with E-state index in [4.69, 9.17) is 9.73 Å². The van der Waals surface area contributed by atoms with Crippen molar-refractivity contribution in [3.05, 3.63) is 60.3 Å². The second-order valence-corrected chi connectivity index (χ2v) is 21.3. The zero-order chi connectivity index (χ0) is 38.1. The SMILES string of the molecule is CN1C(C2C=CCCC2)=NC(C2CC=CCC2)NC1C1=CCC(C2C=CC3C4C5CCCCC5C(C#N)CC4C4(C5CCC=CC5OC5CCCCC54)C3C2)CC1. The average molecular weight is 769 g/mol. The number of fused-ring (bicyclic) bond motifs is 11. The molecule has 1 N–H and O–H groups in total. The number of nitrogens with zero attached hydrogens (tertiary/aromatic N) is 3. The van der Waals surface area contributed by atoms with Crippen molar-refractivity contribution in [3.63, 3.8) is 0 Å². The van der Waals surface area contributed by atoms with Gasteiger partial charge in [0.1, 0.15) is 18.2 Å². The second kappa shape index (κ2) is 15.6. The Morgan fingerprint density at radius 1 is 0.754 bits per heavy atom. The van der Waals surface area contributed by atoms with Crippen LogP contribution in [0.25, 0.3) is 0 Å². The van der Waals surface area contributed by atoms with Gasteiger partial charge in [0.05, 0.1) is 18.3 Å². The molecular weight excluding hydrogens is 697 g/mol. The van der Waals surface area contributed by atoms with Crippen molar-refractivity contribution in [1.82, 2.24) is 10.2 Å². The first-order valence-corrected chi connectivity index (χ1v) is 24.6. The van der Waals surface area contributed by atoms with Gasteiger partial charge in [0.25, 0.3) is 0 Å². The van der Waals surface area contributed by atoms with Crippen molar-refractivity contribution in [3.8, 4) is 6.07 Å². The van der Waals surface area contributed by atoms with Crippen LogP contribution in [0, 0.1) is 93.7 Å². The van der Waals surface area contributed by atoms with Crippen molar-refractivity contribution >= 4 is 5.84 Å². The van der Waals surface area contributed by atoms with Crippen molar-refractivity contribution < 1.29 is 4.74 Å². The van der Waals surface area contributed by atoms with E-state index >= 15 is 0 Å². The molecule has 11 aliphatic rings. The Morgan fingerprint density at radius 2 is 1.61 bits per heavy atom. The predicted molar refractivity (Wildman–Crippen MR) is 230 cm³/mol. The lowest BCUT2D eigenvalue weighted by Crippen LogP contribution is -2.62. The molecule has 2 heterocycles. The Labute approximate surface area is 345 Å². The van der Waals surface area contributed by atoms with E-state index in [1.807, 2.05) is 0 Å². The fourth-order valence-corrected chi connectivity index (χ4v) is 17.0. The molecule has 0 amide bonds. The predicted octanol–water partition coefficient (Wildman–Crippen LogP) is 11.3. The van der Waals surface area contributed by atoms with Crippen LogP contribution in [0.2, 0.25) is 0 Å². The number of likely N-dealkylation sites (N-methyl/N-ethyl adjacent to an activating group) is 1. The maximum Gasteiger partial charge on any atom is 0.109 e. The fourth-order valence-electron chi connectivity index (χ4n) is 17.0. The number of rotatable bonds is 4. The normalized spacial score (nSPS) is 50.1. The highest BCUT2D eigenvalue weighted by atomic mass is 16.5. The van der Waals surface area contributed by atoms with Gasteiger partial charge >= 0.3 is 0 Å². The van der Waals surface area contributed by atoms with E-state index in [1.165, 1.54) is 134 Å². The Kier molecular flexibility index (Phi) is 10.3. The van der Waals surface area contributed by atoms with Crippen LogP contribution in [0.3, 0.4) is 0 Å². The van der Waals surface area contributed by atoms with E-state index in [9.17, 15) is 5.26 Å². The van der Waals surface area contributed by atoms with Crippen LogP contribution in [-0.4, -0.2) is 42.3 Å². The summed E-state index contributed by atoms with van der Waals surface area (Å²) in [4.78, 5) is 8.06. The molecule has 57 heavy (non-hydrogen) atoms. The number of hydrogen-bond donors (Lipinski definition) is 1. The van der Waals surface area contributed by atoms with Crippen LogP contribution in [0.15, 0.2) is 65.2 Å². The summed E-state index contributed by atoms with van der Waals surface area (Å²) in [5, 5.41) is 15.0. The summed E-state index contributed by atoms with van der Waals surface area (Å²) in [6.07, 6.45) is 51.0. The maximum atomic E-state index is 10.8. The number of hydrogen-bond acceptors (Lipinski definition) is 5. The highest BCUT2D eigenvalue weighted by Crippen LogP contribution is 2.75. The van der Waals surface area contributed by atoms with Crippen molar-refractivity contribution in [2.24, 2.45) is 87.3 Å². The summed E-state index contributed by atoms with van der Waals surface area (Å²) in [7, 11) is 2.33. The third-order valence-electron chi connectivity index (χ3n) is 19.1. The summed E-state index contributed by atoms with van der Waals surface area (Å²) >= 11 is 0. The fraction of sp³-hybridized carbons (Fsp3) is 0.769. The maximum absolute atomic E-state index is 10.8. The van der Waals surface area contributed by atoms with Gasteiger partial charge < -0.3 is 9.64 Å². The molecular formula is C52H72N4O. The lowest BCUT2D eigenvalue weighted by Gasteiger charge is -2.63. The molecule has 18 atom stereocenters. The molecule has 18 unspecified atom stereocenters. The number of aliphatic imine (C=N–C) groups is 1. The molecule has 5 fully saturated rings. The van der Waals surface area contributed by atoms with Crippen molar-refractivity contribution in [2.45, 2.75) is 159 Å². The smallest absolute Gasteiger partial charge is 0.109 e. The van der Waals surface area contributed by atoms with Gasteiger partial charge in [-0.1, -0.05) is 80.4 Å². The monoisotopic (exact) mass is 769 g/mol. The van der Waals surface area contributed by atoms with Crippen LogP contribution in [-0.2, 0) is 4.74 Å². The van der Waals surface area contributed by atoms with E-state index in [1.54, 1.807) is 5.57 Å². The summed E-state index contributed by atoms with van der Waals surface area (Å²) in [5.41, 5.74) is 1.95. The third-order valence-corrected chi connectivity index (χ3v) is 19.1. The number of ether oxygens (including phenoxy) is 1. The van der Waals surface area contributed by atoms with Crippen LogP contribution >= 0.6 is 0 Å². The van der Waals surface area contributed by atoms with Crippen molar-refractivity contribution in [2.75, 3.05) is 7.05 Å². The quantitative estimate of drug-likeness (QED) is 0.289. The van der Waals surface area contributed by atoms with Gasteiger partial charge in [-0.15, -0.1) is 0 Å². The van der Waals surface area contributed by atoms with Gasteiger partial charge in [-0.05, 0) is 185 Å². The number of amidine groups is 1. The van der Waals surface area contributed by atoms with Gasteiger partial charge in [0, 0.05) is 18.9 Å². The second-order valence-electron chi connectivity index (χ2n) is 21.3. The molecule has 0 aromatic heterocycles. The van der Waals surface area contributed by atoms with Crippen LogP contribution in [0.5, 0.6) is 0 Å². The summed E-state index contributed by atoms with van der Waals surface area (Å²) in [6.45, 7) is 0. The molecule has 0 bridgehead atoms. The molecule has 11 rings (SSSR count).